The number of carbonyl (C=O) groups excluding carboxylic acids is 2. The highest BCUT2D eigenvalue weighted by Gasteiger charge is 2.52. The molecule has 1 aliphatic carbocycles. The second-order valence-corrected chi connectivity index (χ2v) is 7.11. The van der Waals surface area contributed by atoms with E-state index in [0.717, 1.165) is 5.56 Å². The van der Waals surface area contributed by atoms with Crippen LogP contribution in [0.25, 0.3) is 0 Å². The Morgan fingerprint density at radius 3 is 2.38 bits per heavy atom. The highest BCUT2D eigenvalue weighted by atomic mass is 16.6. The highest BCUT2D eigenvalue weighted by molar-refractivity contribution is 5.91. The average molecular weight is 334 g/mol. The first kappa shape index (κ1) is 18.3. The zero-order valence-electron chi connectivity index (χ0n) is 14.7. The Hall–Kier alpha value is -2.08. The number of alkyl carbamates (subject to hydrolysis) is 1. The molecular weight excluding hydrogens is 308 g/mol. The SMILES string of the molecule is CNC(=O)[C@]1(NC(=O)OC(C)(C)C)C[C@H](OCc2ccccc2)C1. The van der Waals surface area contributed by atoms with Crippen LogP contribution in [0.3, 0.4) is 0 Å². The number of rotatable bonds is 5. The number of amides is 2. The molecule has 24 heavy (non-hydrogen) atoms. The van der Waals surface area contributed by atoms with E-state index in [1.165, 1.54) is 0 Å². The molecule has 0 bridgehead atoms. The van der Waals surface area contributed by atoms with E-state index in [1.54, 1.807) is 27.8 Å². The summed E-state index contributed by atoms with van der Waals surface area (Å²) in [5.41, 5.74) is -0.491. The Labute approximate surface area is 142 Å². The lowest BCUT2D eigenvalue weighted by atomic mass is 9.73. The summed E-state index contributed by atoms with van der Waals surface area (Å²) < 4.78 is 11.1. The monoisotopic (exact) mass is 334 g/mol. The smallest absolute Gasteiger partial charge is 0.408 e. The Kier molecular flexibility index (Phi) is 5.49. The van der Waals surface area contributed by atoms with Crippen LogP contribution in [0.5, 0.6) is 0 Å². The van der Waals surface area contributed by atoms with Crippen molar-refractivity contribution in [3.05, 3.63) is 35.9 Å². The molecule has 1 fully saturated rings. The van der Waals surface area contributed by atoms with Gasteiger partial charge in [0.15, 0.2) is 0 Å². The molecule has 1 saturated carbocycles. The van der Waals surface area contributed by atoms with E-state index < -0.39 is 17.2 Å². The second kappa shape index (κ2) is 7.21. The van der Waals surface area contributed by atoms with Crippen molar-refractivity contribution in [2.75, 3.05) is 7.05 Å². The molecule has 6 nitrogen and oxygen atoms in total. The molecule has 1 aromatic carbocycles. The summed E-state index contributed by atoms with van der Waals surface area (Å²) in [7, 11) is 1.55. The van der Waals surface area contributed by atoms with Crippen LogP contribution < -0.4 is 10.6 Å². The van der Waals surface area contributed by atoms with Crippen molar-refractivity contribution < 1.29 is 19.1 Å². The summed E-state index contributed by atoms with van der Waals surface area (Å²) in [6, 6.07) is 9.85. The Morgan fingerprint density at radius 2 is 1.83 bits per heavy atom. The minimum absolute atomic E-state index is 0.0718. The van der Waals surface area contributed by atoms with Crippen molar-refractivity contribution in [2.45, 2.75) is 57.5 Å². The minimum Gasteiger partial charge on any atom is -0.444 e. The molecule has 1 aromatic rings. The fourth-order valence-corrected chi connectivity index (χ4v) is 2.71. The molecule has 2 rings (SSSR count). The van der Waals surface area contributed by atoms with Gasteiger partial charge in [-0.1, -0.05) is 30.3 Å². The van der Waals surface area contributed by atoms with Crippen molar-refractivity contribution in [3.63, 3.8) is 0 Å². The molecular formula is C18H26N2O4. The molecule has 0 aromatic heterocycles. The lowest BCUT2D eigenvalue weighted by Gasteiger charge is -2.45. The quantitative estimate of drug-likeness (QED) is 0.867. The average Bonchev–Trinajstić information content (AvgIpc) is 2.47. The third-order valence-electron chi connectivity index (χ3n) is 3.88. The van der Waals surface area contributed by atoms with Crippen LogP contribution in [0, 0.1) is 0 Å². The van der Waals surface area contributed by atoms with Crippen LogP contribution in [-0.2, 0) is 20.9 Å². The largest absolute Gasteiger partial charge is 0.444 e. The summed E-state index contributed by atoms with van der Waals surface area (Å²) in [4.78, 5) is 24.2. The Morgan fingerprint density at radius 1 is 1.21 bits per heavy atom. The minimum atomic E-state index is -0.960. The number of hydrogen-bond acceptors (Lipinski definition) is 4. The van der Waals surface area contributed by atoms with E-state index in [-0.39, 0.29) is 12.0 Å². The van der Waals surface area contributed by atoms with Crippen molar-refractivity contribution in [1.82, 2.24) is 10.6 Å². The van der Waals surface area contributed by atoms with Crippen LogP contribution in [-0.4, -0.2) is 36.3 Å². The first-order chi connectivity index (χ1) is 11.2. The first-order valence-electron chi connectivity index (χ1n) is 8.13. The third-order valence-corrected chi connectivity index (χ3v) is 3.88. The van der Waals surface area contributed by atoms with Crippen LogP contribution in [0.15, 0.2) is 30.3 Å². The highest BCUT2D eigenvalue weighted by Crippen LogP contribution is 2.35. The van der Waals surface area contributed by atoms with E-state index in [4.69, 9.17) is 9.47 Å². The van der Waals surface area contributed by atoms with Gasteiger partial charge in [0.25, 0.3) is 0 Å². The van der Waals surface area contributed by atoms with Gasteiger partial charge in [0.1, 0.15) is 11.1 Å². The van der Waals surface area contributed by atoms with E-state index in [9.17, 15) is 9.59 Å². The Balaban J connectivity index is 1.90. The van der Waals surface area contributed by atoms with Gasteiger partial charge in [-0.15, -0.1) is 0 Å². The first-order valence-corrected chi connectivity index (χ1v) is 8.13. The van der Waals surface area contributed by atoms with Gasteiger partial charge >= 0.3 is 6.09 Å². The van der Waals surface area contributed by atoms with Crippen molar-refractivity contribution in [2.24, 2.45) is 0 Å². The normalized spacial score (nSPS) is 23.1. The summed E-state index contributed by atoms with van der Waals surface area (Å²) in [5, 5.41) is 5.32. The predicted molar refractivity (Wildman–Crippen MR) is 90.4 cm³/mol. The fraction of sp³-hybridized carbons (Fsp3) is 0.556. The molecule has 2 amide bonds. The lowest BCUT2D eigenvalue weighted by Crippen LogP contribution is -2.67. The lowest BCUT2D eigenvalue weighted by molar-refractivity contribution is -0.140. The van der Waals surface area contributed by atoms with Gasteiger partial charge < -0.3 is 20.1 Å². The van der Waals surface area contributed by atoms with Gasteiger partial charge in [-0.2, -0.15) is 0 Å². The van der Waals surface area contributed by atoms with Gasteiger partial charge in [0.2, 0.25) is 5.91 Å². The molecule has 0 radical (unpaired) electrons. The van der Waals surface area contributed by atoms with Crippen molar-refractivity contribution >= 4 is 12.0 Å². The van der Waals surface area contributed by atoms with Gasteiger partial charge in [-0.05, 0) is 26.3 Å². The van der Waals surface area contributed by atoms with E-state index in [2.05, 4.69) is 10.6 Å². The fourth-order valence-electron chi connectivity index (χ4n) is 2.71. The maximum atomic E-state index is 12.2. The summed E-state index contributed by atoms with van der Waals surface area (Å²) in [5.74, 6) is -0.229. The van der Waals surface area contributed by atoms with Crippen molar-refractivity contribution in [1.29, 1.82) is 0 Å². The summed E-state index contributed by atoms with van der Waals surface area (Å²) in [6.45, 7) is 5.84. The molecule has 0 atom stereocenters. The second-order valence-electron chi connectivity index (χ2n) is 7.11. The zero-order valence-corrected chi connectivity index (χ0v) is 14.7. The van der Waals surface area contributed by atoms with Crippen molar-refractivity contribution in [3.8, 4) is 0 Å². The van der Waals surface area contributed by atoms with Crippen LogP contribution in [0.1, 0.15) is 39.2 Å². The topological polar surface area (TPSA) is 76.7 Å². The number of likely N-dealkylation sites (N-methyl/N-ethyl adjacent to an activating group) is 1. The number of hydrogen-bond donors (Lipinski definition) is 2. The van der Waals surface area contributed by atoms with E-state index in [1.807, 2.05) is 30.3 Å². The standard InChI is InChI=1S/C18H26N2O4/c1-17(2,3)24-16(22)20-18(15(21)19-4)10-14(11-18)23-12-13-8-6-5-7-9-13/h5-9,14H,10-12H2,1-4H3,(H,19,21)(H,20,22)/t14-,18-. The molecule has 132 valence electrons. The van der Waals surface area contributed by atoms with E-state index in [0.29, 0.717) is 19.4 Å². The molecule has 0 aliphatic heterocycles. The number of ether oxygens (including phenoxy) is 2. The molecule has 0 unspecified atom stereocenters. The van der Waals surface area contributed by atoms with Gasteiger partial charge in [-0.3, -0.25) is 4.79 Å². The molecule has 1 aliphatic rings. The molecule has 2 N–H and O–H groups in total. The van der Waals surface area contributed by atoms with Gasteiger partial charge in [0.05, 0.1) is 12.7 Å². The number of benzene rings is 1. The third kappa shape index (κ3) is 4.71. The number of carbonyl (C=O) groups is 2. The van der Waals surface area contributed by atoms with Gasteiger partial charge in [-0.25, -0.2) is 4.79 Å². The molecule has 6 heteroatoms. The van der Waals surface area contributed by atoms with Crippen LogP contribution in [0.4, 0.5) is 4.79 Å². The molecule has 0 saturated heterocycles. The zero-order chi connectivity index (χ0) is 17.8. The summed E-state index contributed by atoms with van der Waals surface area (Å²) >= 11 is 0. The molecule has 0 spiro atoms. The summed E-state index contributed by atoms with van der Waals surface area (Å²) in [6.07, 6.45) is 0.197. The van der Waals surface area contributed by atoms with E-state index >= 15 is 0 Å². The van der Waals surface area contributed by atoms with Crippen LogP contribution >= 0.6 is 0 Å². The van der Waals surface area contributed by atoms with Gasteiger partial charge in [0, 0.05) is 19.9 Å². The Bertz CT molecular complexity index is 574. The number of nitrogens with one attached hydrogen (secondary N) is 2. The van der Waals surface area contributed by atoms with Crippen LogP contribution in [0.2, 0.25) is 0 Å². The predicted octanol–water partition coefficient (Wildman–Crippen LogP) is 2.38. The molecule has 0 heterocycles. The maximum absolute atomic E-state index is 12.2. The maximum Gasteiger partial charge on any atom is 0.408 e.